The van der Waals surface area contributed by atoms with E-state index < -0.39 is 0 Å². The minimum Gasteiger partial charge on any atom is -0.494 e. The number of hydrogen-bond acceptors (Lipinski definition) is 2. The van der Waals surface area contributed by atoms with Crippen molar-refractivity contribution in [3.8, 4) is 5.75 Å². The van der Waals surface area contributed by atoms with Gasteiger partial charge in [0.15, 0.2) is 5.11 Å². The van der Waals surface area contributed by atoms with Gasteiger partial charge in [-0.05, 0) is 68.0 Å². The van der Waals surface area contributed by atoms with Gasteiger partial charge in [0, 0.05) is 10.7 Å². The second kappa shape index (κ2) is 8.01. The molecule has 22 heavy (non-hydrogen) atoms. The van der Waals surface area contributed by atoms with Crippen LogP contribution in [-0.2, 0) is 0 Å². The van der Waals surface area contributed by atoms with Gasteiger partial charge in [0.2, 0.25) is 0 Å². The minimum atomic E-state index is 0.0972. The van der Waals surface area contributed by atoms with Crippen LogP contribution < -0.4 is 15.4 Å². The molecule has 0 spiro atoms. The molecule has 0 fully saturated rings. The summed E-state index contributed by atoms with van der Waals surface area (Å²) < 4.78 is 5.41. The number of thiocarbonyl (C=S) groups is 1. The summed E-state index contributed by atoms with van der Waals surface area (Å²) in [6, 6.07) is 15.5. The quantitative estimate of drug-likeness (QED) is 0.770. The highest BCUT2D eigenvalue weighted by molar-refractivity contribution is 7.80. The fourth-order valence-electron chi connectivity index (χ4n) is 2.00. The summed E-state index contributed by atoms with van der Waals surface area (Å²) in [5.74, 6) is 0.849. The number of nitrogens with one attached hydrogen (secondary N) is 2. The molecule has 2 N–H and O–H groups in total. The molecule has 2 aromatic carbocycles. The summed E-state index contributed by atoms with van der Waals surface area (Å²) in [7, 11) is 0. The van der Waals surface area contributed by atoms with Gasteiger partial charge < -0.3 is 15.4 Å². The number of halogens is 1. The molecule has 0 aromatic heterocycles. The molecule has 2 rings (SSSR count). The van der Waals surface area contributed by atoms with Gasteiger partial charge in [0.1, 0.15) is 5.75 Å². The molecular weight excluding hydrogens is 316 g/mol. The molecule has 0 aliphatic carbocycles. The van der Waals surface area contributed by atoms with Crippen LogP contribution in [0.2, 0.25) is 5.02 Å². The third-order valence-electron chi connectivity index (χ3n) is 3.14. The Labute approximate surface area is 141 Å². The fraction of sp³-hybridized carbons (Fsp3) is 0.235. The summed E-state index contributed by atoms with van der Waals surface area (Å²) in [6.07, 6.45) is 0. The highest BCUT2D eigenvalue weighted by Crippen LogP contribution is 2.18. The van der Waals surface area contributed by atoms with Gasteiger partial charge in [0.05, 0.1) is 12.6 Å². The average Bonchev–Trinajstić information content (AvgIpc) is 2.50. The number of ether oxygens (including phenoxy) is 1. The van der Waals surface area contributed by atoms with Crippen molar-refractivity contribution in [1.82, 2.24) is 5.32 Å². The van der Waals surface area contributed by atoms with Crippen molar-refractivity contribution in [1.29, 1.82) is 0 Å². The van der Waals surface area contributed by atoms with Crippen molar-refractivity contribution in [2.45, 2.75) is 19.9 Å². The molecular formula is C17H19ClN2OS. The third-order valence-corrected chi connectivity index (χ3v) is 3.61. The maximum atomic E-state index is 5.90. The van der Waals surface area contributed by atoms with Crippen molar-refractivity contribution < 1.29 is 4.74 Å². The Bertz CT molecular complexity index is 614. The number of hydrogen-bond donors (Lipinski definition) is 2. The Morgan fingerprint density at radius 2 is 1.77 bits per heavy atom. The summed E-state index contributed by atoms with van der Waals surface area (Å²) in [5, 5.41) is 7.72. The first-order valence-electron chi connectivity index (χ1n) is 7.14. The molecule has 0 heterocycles. The van der Waals surface area contributed by atoms with Gasteiger partial charge in [0.25, 0.3) is 0 Å². The van der Waals surface area contributed by atoms with Crippen molar-refractivity contribution in [3.05, 3.63) is 59.1 Å². The lowest BCUT2D eigenvalue weighted by Gasteiger charge is -2.17. The van der Waals surface area contributed by atoms with E-state index in [-0.39, 0.29) is 6.04 Å². The van der Waals surface area contributed by atoms with Crippen LogP contribution in [0.3, 0.4) is 0 Å². The molecule has 2 aromatic rings. The van der Waals surface area contributed by atoms with E-state index in [0.29, 0.717) is 11.7 Å². The van der Waals surface area contributed by atoms with Gasteiger partial charge >= 0.3 is 0 Å². The molecule has 1 atom stereocenters. The Morgan fingerprint density at radius 1 is 1.14 bits per heavy atom. The van der Waals surface area contributed by atoms with Crippen LogP contribution in [0, 0.1) is 0 Å². The van der Waals surface area contributed by atoms with Gasteiger partial charge in [-0.15, -0.1) is 0 Å². The number of rotatable bonds is 5. The van der Waals surface area contributed by atoms with Crippen LogP contribution in [0.25, 0.3) is 0 Å². The molecule has 0 aliphatic rings. The summed E-state index contributed by atoms with van der Waals surface area (Å²) in [5.41, 5.74) is 2.05. The van der Waals surface area contributed by atoms with Crippen LogP contribution in [0.15, 0.2) is 48.5 Å². The predicted molar refractivity (Wildman–Crippen MR) is 96.8 cm³/mol. The van der Waals surface area contributed by atoms with Crippen molar-refractivity contribution >= 4 is 34.6 Å². The second-order valence-corrected chi connectivity index (χ2v) is 5.67. The molecule has 0 aliphatic heterocycles. The van der Waals surface area contributed by atoms with E-state index in [1.165, 1.54) is 0 Å². The molecule has 116 valence electrons. The molecule has 0 amide bonds. The Balaban J connectivity index is 1.90. The summed E-state index contributed by atoms with van der Waals surface area (Å²) in [4.78, 5) is 0. The topological polar surface area (TPSA) is 33.3 Å². The first-order valence-corrected chi connectivity index (χ1v) is 7.93. The van der Waals surface area contributed by atoms with Crippen LogP contribution >= 0.6 is 23.8 Å². The predicted octanol–water partition coefficient (Wildman–Crippen LogP) is 4.79. The number of anilines is 1. The third kappa shape index (κ3) is 4.90. The van der Waals surface area contributed by atoms with E-state index in [1.807, 2.05) is 55.5 Å². The van der Waals surface area contributed by atoms with Crippen molar-refractivity contribution in [3.63, 3.8) is 0 Å². The van der Waals surface area contributed by atoms with Gasteiger partial charge in [-0.3, -0.25) is 0 Å². The maximum Gasteiger partial charge on any atom is 0.171 e. The van der Waals surface area contributed by atoms with E-state index in [4.69, 9.17) is 28.6 Å². The molecule has 0 unspecified atom stereocenters. The highest BCUT2D eigenvalue weighted by atomic mass is 35.5. The first-order chi connectivity index (χ1) is 10.6. The van der Waals surface area contributed by atoms with E-state index >= 15 is 0 Å². The summed E-state index contributed by atoms with van der Waals surface area (Å²) >= 11 is 11.2. The van der Waals surface area contributed by atoms with Gasteiger partial charge in [-0.1, -0.05) is 23.7 Å². The lowest BCUT2D eigenvalue weighted by molar-refractivity contribution is 0.340. The molecule has 0 bridgehead atoms. The molecule has 0 saturated carbocycles. The minimum absolute atomic E-state index is 0.0972. The normalized spacial score (nSPS) is 11.6. The zero-order chi connectivity index (χ0) is 15.9. The second-order valence-electron chi connectivity index (χ2n) is 4.83. The van der Waals surface area contributed by atoms with E-state index in [9.17, 15) is 0 Å². The lowest BCUT2D eigenvalue weighted by atomic mass is 10.1. The SMILES string of the molecule is CCOc1ccc(NC(=S)N[C@@H](C)c2ccc(Cl)cc2)cc1. The Morgan fingerprint density at radius 3 is 2.36 bits per heavy atom. The zero-order valence-electron chi connectivity index (χ0n) is 12.6. The monoisotopic (exact) mass is 334 g/mol. The van der Waals surface area contributed by atoms with Gasteiger partial charge in [-0.2, -0.15) is 0 Å². The largest absolute Gasteiger partial charge is 0.494 e. The van der Waals surface area contributed by atoms with Crippen molar-refractivity contribution in [2.24, 2.45) is 0 Å². The first kappa shape index (κ1) is 16.6. The lowest BCUT2D eigenvalue weighted by Crippen LogP contribution is -2.30. The van der Waals surface area contributed by atoms with Crippen LogP contribution in [0.1, 0.15) is 25.5 Å². The zero-order valence-corrected chi connectivity index (χ0v) is 14.2. The maximum absolute atomic E-state index is 5.90. The molecule has 0 saturated heterocycles. The fourth-order valence-corrected chi connectivity index (χ4v) is 2.42. The van der Waals surface area contributed by atoms with E-state index in [1.54, 1.807) is 0 Å². The van der Waals surface area contributed by atoms with Gasteiger partial charge in [-0.25, -0.2) is 0 Å². The Kier molecular flexibility index (Phi) is 6.04. The Hall–Kier alpha value is -1.78. The van der Waals surface area contributed by atoms with E-state index in [0.717, 1.165) is 22.0 Å². The van der Waals surface area contributed by atoms with Crippen LogP contribution in [0.5, 0.6) is 5.75 Å². The van der Waals surface area contributed by atoms with E-state index in [2.05, 4.69) is 17.6 Å². The van der Waals surface area contributed by atoms with Crippen LogP contribution in [-0.4, -0.2) is 11.7 Å². The smallest absolute Gasteiger partial charge is 0.171 e. The highest BCUT2D eigenvalue weighted by Gasteiger charge is 2.07. The van der Waals surface area contributed by atoms with Crippen LogP contribution in [0.4, 0.5) is 5.69 Å². The molecule has 5 heteroatoms. The van der Waals surface area contributed by atoms with Crippen molar-refractivity contribution in [2.75, 3.05) is 11.9 Å². The summed E-state index contributed by atoms with van der Waals surface area (Å²) in [6.45, 7) is 4.67. The average molecular weight is 335 g/mol. The molecule has 3 nitrogen and oxygen atoms in total. The molecule has 0 radical (unpaired) electrons. The standard InChI is InChI=1S/C17H19ClN2OS/c1-3-21-16-10-8-15(9-11-16)20-17(22)19-12(2)13-4-6-14(18)7-5-13/h4-12H,3H2,1-2H3,(H2,19,20,22)/t12-/m0/s1. The number of benzene rings is 2.